The van der Waals surface area contributed by atoms with Crippen LogP contribution in [0.3, 0.4) is 0 Å². The van der Waals surface area contributed by atoms with Crippen molar-refractivity contribution >= 4 is 17.3 Å². The summed E-state index contributed by atoms with van der Waals surface area (Å²) in [4.78, 5) is 2.02. The molecule has 0 saturated heterocycles. The maximum atomic E-state index is 12.8. The average Bonchev–Trinajstić information content (AvgIpc) is 2.52. The van der Waals surface area contributed by atoms with E-state index in [0.29, 0.717) is 12.2 Å². The molecule has 0 aromatic heterocycles. The first-order valence-corrected chi connectivity index (χ1v) is 7.54. The Kier molecular flexibility index (Phi) is 4.15. The van der Waals surface area contributed by atoms with Crippen molar-refractivity contribution in [2.75, 3.05) is 18.6 Å². The van der Waals surface area contributed by atoms with Crippen LogP contribution in [0.2, 0.25) is 5.02 Å². The van der Waals surface area contributed by atoms with E-state index < -0.39 is 11.7 Å². The molecule has 0 saturated carbocycles. The lowest BCUT2D eigenvalue weighted by Crippen LogP contribution is -2.30. The summed E-state index contributed by atoms with van der Waals surface area (Å²) in [5, 5.41) is -0.272. The lowest BCUT2D eigenvalue weighted by atomic mass is 9.99. The number of hydrogen-bond donors (Lipinski definition) is 0. The molecular formula is C17H15ClF3NO. The summed E-state index contributed by atoms with van der Waals surface area (Å²) in [6.45, 7) is 1.36. The number of alkyl halides is 3. The molecule has 0 amide bonds. The van der Waals surface area contributed by atoms with Gasteiger partial charge >= 0.3 is 6.18 Å². The molecule has 2 aromatic carbocycles. The van der Waals surface area contributed by atoms with Crippen LogP contribution in [0.4, 0.5) is 18.9 Å². The minimum Gasteiger partial charge on any atom is -0.497 e. The Hall–Kier alpha value is -1.88. The van der Waals surface area contributed by atoms with Gasteiger partial charge in [0.1, 0.15) is 5.75 Å². The molecule has 23 heavy (non-hydrogen) atoms. The third kappa shape index (κ3) is 3.24. The Morgan fingerprint density at radius 2 is 1.87 bits per heavy atom. The van der Waals surface area contributed by atoms with Crippen LogP contribution in [-0.4, -0.2) is 13.7 Å². The minimum atomic E-state index is -4.43. The van der Waals surface area contributed by atoms with Gasteiger partial charge < -0.3 is 9.64 Å². The zero-order chi connectivity index (χ0) is 16.6. The molecule has 3 rings (SSSR count). The Balaban J connectivity index is 1.87. The van der Waals surface area contributed by atoms with Gasteiger partial charge in [0.05, 0.1) is 17.7 Å². The Labute approximate surface area is 137 Å². The van der Waals surface area contributed by atoms with Gasteiger partial charge in [-0.15, -0.1) is 0 Å². The summed E-state index contributed by atoms with van der Waals surface area (Å²) < 4.78 is 43.6. The van der Waals surface area contributed by atoms with Crippen LogP contribution in [-0.2, 0) is 19.1 Å². The molecule has 122 valence electrons. The topological polar surface area (TPSA) is 12.5 Å². The van der Waals surface area contributed by atoms with Gasteiger partial charge in [-0.25, -0.2) is 0 Å². The second kappa shape index (κ2) is 5.96. The van der Waals surface area contributed by atoms with Crippen molar-refractivity contribution in [3.05, 3.63) is 58.1 Å². The number of methoxy groups -OCH3 is 1. The highest BCUT2D eigenvalue weighted by Crippen LogP contribution is 2.37. The highest BCUT2D eigenvalue weighted by atomic mass is 35.5. The maximum absolute atomic E-state index is 12.8. The molecule has 0 unspecified atom stereocenters. The predicted octanol–water partition coefficient (Wildman–Crippen LogP) is 4.93. The van der Waals surface area contributed by atoms with E-state index in [4.69, 9.17) is 16.3 Å². The maximum Gasteiger partial charge on any atom is 0.417 e. The fourth-order valence-corrected chi connectivity index (χ4v) is 3.09. The van der Waals surface area contributed by atoms with Crippen molar-refractivity contribution in [1.29, 1.82) is 0 Å². The highest BCUT2D eigenvalue weighted by molar-refractivity contribution is 6.31. The van der Waals surface area contributed by atoms with Gasteiger partial charge in [0.2, 0.25) is 0 Å². The zero-order valence-electron chi connectivity index (χ0n) is 12.5. The van der Waals surface area contributed by atoms with Crippen molar-refractivity contribution in [2.45, 2.75) is 19.1 Å². The molecule has 0 aliphatic carbocycles. The van der Waals surface area contributed by atoms with Gasteiger partial charge in [-0.3, -0.25) is 0 Å². The minimum absolute atomic E-state index is 0.272. The van der Waals surface area contributed by atoms with Gasteiger partial charge in [0.15, 0.2) is 0 Å². The largest absolute Gasteiger partial charge is 0.497 e. The van der Waals surface area contributed by atoms with E-state index in [9.17, 15) is 13.2 Å². The van der Waals surface area contributed by atoms with E-state index in [1.165, 1.54) is 17.7 Å². The fourth-order valence-electron chi connectivity index (χ4n) is 2.81. The molecule has 0 radical (unpaired) electrons. The molecule has 0 N–H and O–H groups in total. The van der Waals surface area contributed by atoms with E-state index in [0.717, 1.165) is 30.3 Å². The first-order chi connectivity index (χ1) is 10.9. The number of rotatable bonds is 2. The zero-order valence-corrected chi connectivity index (χ0v) is 13.2. The second-order valence-corrected chi connectivity index (χ2v) is 5.88. The van der Waals surface area contributed by atoms with E-state index in [2.05, 4.69) is 0 Å². The summed E-state index contributed by atoms with van der Waals surface area (Å²) in [7, 11) is 1.61. The first kappa shape index (κ1) is 16.0. The average molecular weight is 342 g/mol. The van der Waals surface area contributed by atoms with Crippen molar-refractivity contribution in [2.24, 2.45) is 0 Å². The molecular weight excluding hydrogens is 327 g/mol. The molecule has 2 nitrogen and oxygen atoms in total. The van der Waals surface area contributed by atoms with Crippen LogP contribution < -0.4 is 9.64 Å². The summed E-state index contributed by atoms with van der Waals surface area (Å²) in [5.74, 6) is 0.774. The number of nitrogens with zero attached hydrogens (tertiary/aromatic N) is 1. The van der Waals surface area contributed by atoms with Gasteiger partial charge in [-0.2, -0.15) is 13.2 Å². The number of benzene rings is 2. The Morgan fingerprint density at radius 1 is 1.09 bits per heavy atom. The number of anilines is 1. The molecule has 2 aromatic rings. The van der Waals surface area contributed by atoms with Crippen molar-refractivity contribution in [3.8, 4) is 5.75 Å². The van der Waals surface area contributed by atoms with Crippen LogP contribution >= 0.6 is 11.6 Å². The van der Waals surface area contributed by atoms with Crippen LogP contribution in [0.15, 0.2) is 36.4 Å². The standard InChI is InChI=1S/C17H15ClF3NO/c1-23-14-4-2-11-6-7-22(10-12(11)8-14)13-3-5-15(16(18)9-13)17(19,20)21/h2-5,8-9H,6-7,10H2,1H3. The van der Waals surface area contributed by atoms with Gasteiger partial charge in [-0.1, -0.05) is 17.7 Å². The van der Waals surface area contributed by atoms with Crippen molar-refractivity contribution < 1.29 is 17.9 Å². The molecule has 6 heteroatoms. The number of fused-ring (bicyclic) bond motifs is 1. The summed E-state index contributed by atoms with van der Waals surface area (Å²) in [5.41, 5.74) is 2.24. The third-order valence-electron chi connectivity index (χ3n) is 4.05. The quantitative estimate of drug-likeness (QED) is 0.768. The van der Waals surface area contributed by atoms with Gasteiger partial charge in [0.25, 0.3) is 0 Å². The van der Waals surface area contributed by atoms with Crippen LogP contribution in [0.5, 0.6) is 5.75 Å². The number of ether oxygens (including phenoxy) is 1. The van der Waals surface area contributed by atoms with Crippen LogP contribution in [0.1, 0.15) is 16.7 Å². The van der Waals surface area contributed by atoms with E-state index in [-0.39, 0.29) is 5.02 Å². The Morgan fingerprint density at radius 3 is 2.52 bits per heavy atom. The number of halogens is 4. The smallest absolute Gasteiger partial charge is 0.417 e. The fraction of sp³-hybridized carbons (Fsp3) is 0.294. The molecule has 0 fully saturated rings. The number of hydrogen-bond acceptors (Lipinski definition) is 2. The van der Waals surface area contributed by atoms with Gasteiger partial charge in [-0.05, 0) is 47.9 Å². The first-order valence-electron chi connectivity index (χ1n) is 7.16. The van der Waals surface area contributed by atoms with E-state index in [1.807, 2.05) is 23.1 Å². The van der Waals surface area contributed by atoms with Gasteiger partial charge in [0, 0.05) is 18.8 Å². The van der Waals surface area contributed by atoms with Crippen molar-refractivity contribution in [1.82, 2.24) is 0 Å². The second-order valence-electron chi connectivity index (χ2n) is 5.47. The molecule has 0 atom stereocenters. The van der Waals surface area contributed by atoms with Crippen molar-refractivity contribution in [3.63, 3.8) is 0 Å². The summed E-state index contributed by atoms with van der Waals surface area (Å²) >= 11 is 5.81. The lowest BCUT2D eigenvalue weighted by molar-refractivity contribution is -0.137. The van der Waals surface area contributed by atoms with Crippen LogP contribution in [0, 0.1) is 0 Å². The monoisotopic (exact) mass is 341 g/mol. The molecule has 1 aliphatic rings. The highest BCUT2D eigenvalue weighted by Gasteiger charge is 2.33. The third-order valence-corrected chi connectivity index (χ3v) is 4.36. The molecule has 0 bridgehead atoms. The normalized spacial score (nSPS) is 14.6. The SMILES string of the molecule is COc1ccc2c(c1)CN(c1ccc(C(F)(F)F)c(Cl)c1)CC2. The molecule has 1 aliphatic heterocycles. The predicted molar refractivity (Wildman–Crippen MR) is 84.2 cm³/mol. The van der Waals surface area contributed by atoms with Crippen LogP contribution in [0.25, 0.3) is 0 Å². The lowest BCUT2D eigenvalue weighted by Gasteiger charge is -2.31. The molecule has 0 spiro atoms. The Bertz CT molecular complexity index is 730. The van der Waals surface area contributed by atoms with E-state index >= 15 is 0 Å². The summed E-state index contributed by atoms with van der Waals surface area (Å²) in [6.07, 6.45) is -3.60. The molecule has 1 heterocycles. The summed E-state index contributed by atoms with van der Waals surface area (Å²) in [6, 6.07) is 9.82. The van der Waals surface area contributed by atoms with E-state index in [1.54, 1.807) is 7.11 Å².